The van der Waals surface area contributed by atoms with E-state index in [0.717, 1.165) is 32.5 Å². The zero-order valence-electron chi connectivity index (χ0n) is 9.22. The van der Waals surface area contributed by atoms with Crippen LogP contribution in [0.15, 0.2) is 0 Å². The van der Waals surface area contributed by atoms with Crippen molar-refractivity contribution < 1.29 is 8.42 Å². The first-order valence-corrected chi connectivity index (χ1v) is 7.39. The molecule has 0 aromatic rings. The highest BCUT2D eigenvalue weighted by molar-refractivity contribution is 7.89. The summed E-state index contributed by atoms with van der Waals surface area (Å²) in [5, 5.41) is 0. The van der Waals surface area contributed by atoms with Gasteiger partial charge in [0.15, 0.2) is 0 Å². The summed E-state index contributed by atoms with van der Waals surface area (Å²) in [6, 6.07) is 0. The topological polar surface area (TPSA) is 63.4 Å². The molecule has 0 aromatic carbocycles. The Labute approximate surface area is 91.9 Å². The number of rotatable bonds is 5. The molecule has 88 valence electrons. The van der Waals surface area contributed by atoms with Crippen molar-refractivity contribution in [1.82, 2.24) is 4.31 Å². The third-order valence-electron chi connectivity index (χ3n) is 3.76. The number of unbranched alkanes of at least 4 members (excludes halogenated alkanes) is 1. The maximum Gasteiger partial charge on any atom is 0.214 e. The van der Waals surface area contributed by atoms with E-state index in [1.54, 1.807) is 4.31 Å². The summed E-state index contributed by atoms with van der Waals surface area (Å²) in [7, 11) is -2.96. The van der Waals surface area contributed by atoms with Gasteiger partial charge in [0.25, 0.3) is 0 Å². The zero-order valence-corrected chi connectivity index (χ0v) is 10.0. The fourth-order valence-corrected chi connectivity index (χ4v) is 4.35. The second kappa shape index (κ2) is 4.03. The Morgan fingerprint density at radius 2 is 1.93 bits per heavy atom. The number of hydrogen-bond acceptors (Lipinski definition) is 3. The maximum absolute atomic E-state index is 11.8. The Morgan fingerprint density at radius 3 is 2.40 bits per heavy atom. The highest BCUT2D eigenvalue weighted by atomic mass is 32.2. The number of nitrogens with zero attached hydrogens (tertiary/aromatic N) is 1. The quantitative estimate of drug-likeness (QED) is 0.739. The summed E-state index contributed by atoms with van der Waals surface area (Å²) in [6.45, 7) is 4.18. The SMILES string of the molecule is CCCCS(=O)(=O)N1CC2C(CN)C2C1. The molecule has 1 aliphatic heterocycles. The molecule has 1 aliphatic carbocycles. The summed E-state index contributed by atoms with van der Waals surface area (Å²) in [6.07, 6.45) is 1.71. The van der Waals surface area contributed by atoms with E-state index >= 15 is 0 Å². The van der Waals surface area contributed by atoms with Gasteiger partial charge in [0, 0.05) is 13.1 Å². The van der Waals surface area contributed by atoms with Crippen LogP contribution in [0.5, 0.6) is 0 Å². The van der Waals surface area contributed by atoms with Crippen molar-refractivity contribution in [3.63, 3.8) is 0 Å². The molecule has 1 saturated heterocycles. The van der Waals surface area contributed by atoms with Crippen LogP contribution in [0, 0.1) is 17.8 Å². The summed E-state index contributed by atoms with van der Waals surface area (Å²) in [5.41, 5.74) is 5.59. The van der Waals surface area contributed by atoms with Gasteiger partial charge in [0.1, 0.15) is 0 Å². The average molecular weight is 232 g/mol. The summed E-state index contributed by atoms with van der Waals surface area (Å²) >= 11 is 0. The van der Waals surface area contributed by atoms with Crippen molar-refractivity contribution in [2.45, 2.75) is 19.8 Å². The Balaban J connectivity index is 1.88. The van der Waals surface area contributed by atoms with E-state index in [-0.39, 0.29) is 0 Å². The molecule has 2 aliphatic rings. The van der Waals surface area contributed by atoms with Gasteiger partial charge in [-0.1, -0.05) is 13.3 Å². The van der Waals surface area contributed by atoms with E-state index in [4.69, 9.17) is 5.73 Å². The minimum Gasteiger partial charge on any atom is -0.330 e. The van der Waals surface area contributed by atoms with Crippen LogP contribution in [0.2, 0.25) is 0 Å². The number of nitrogens with two attached hydrogens (primary N) is 1. The molecule has 0 bridgehead atoms. The van der Waals surface area contributed by atoms with E-state index in [0.29, 0.717) is 23.5 Å². The molecule has 1 heterocycles. The highest BCUT2D eigenvalue weighted by Crippen LogP contribution is 2.51. The molecule has 2 fully saturated rings. The van der Waals surface area contributed by atoms with Crippen LogP contribution in [0.25, 0.3) is 0 Å². The molecule has 0 radical (unpaired) electrons. The summed E-state index contributed by atoms with van der Waals surface area (Å²) in [5.74, 6) is 2.04. The van der Waals surface area contributed by atoms with Gasteiger partial charge in [0.05, 0.1) is 5.75 Å². The van der Waals surface area contributed by atoms with E-state index in [9.17, 15) is 8.42 Å². The average Bonchev–Trinajstić information content (AvgIpc) is 2.66. The van der Waals surface area contributed by atoms with Gasteiger partial charge in [-0.05, 0) is 30.7 Å². The first-order valence-electron chi connectivity index (χ1n) is 5.78. The maximum atomic E-state index is 11.8. The normalized spacial score (nSPS) is 35.5. The van der Waals surface area contributed by atoms with Gasteiger partial charge in [-0.25, -0.2) is 12.7 Å². The number of fused-ring (bicyclic) bond motifs is 1. The van der Waals surface area contributed by atoms with Gasteiger partial charge in [-0.2, -0.15) is 0 Å². The molecule has 2 N–H and O–H groups in total. The van der Waals surface area contributed by atoms with Crippen molar-refractivity contribution in [3.8, 4) is 0 Å². The largest absolute Gasteiger partial charge is 0.330 e. The van der Waals surface area contributed by atoms with E-state index in [2.05, 4.69) is 0 Å². The number of hydrogen-bond donors (Lipinski definition) is 1. The van der Waals surface area contributed by atoms with Gasteiger partial charge < -0.3 is 5.73 Å². The first-order chi connectivity index (χ1) is 7.10. The van der Waals surface area contributed by atoms with Crippen molar-refractivity contribution in [3.05, 3.63) is 0 Å². The van der Waals surface area contributed by atoms with E-state index < -0.39 is 10.0 Å². The van der Waals surface area contributed by atoms with Crippen LogP contribution in [0.1, 0.15) is 19.8 Å². The Bertz CT molecular complexity index is 316. The molecular formula is C10H20N2O2S. The van der Waals surface area contributed by atoms with E-state index in [1.165, 1.54) is 0 Å². The van der Waals surface area contributed by atoms with Crippen LogP contribution in [-0.2, 0) is 10.0 Å². The first kappa shape index (κ1) is 11.4. The molecule has 2 rings (SSSR count). The van der Waals surface area contributed by atoms with E-state index in [1.807, 2.05) is 6.92 Å². The standard InChI is InChI=1S/C10H20N2O2S/c1-2-3-4-15(13,14)12-6-9-8(5-11)10(9)7-12/h8-10H,2-7,11H2,1H3. The second-order valence-corrected chi connectivity index (χ2v) is 6.80. The van der Waals surface area contributed by atoms with Crippen molar-refractivity contribution in [1.29, 1.82) is 0 Å². The minimum absolute atomic E-state index is 0.316. The predicted molar refractivity (Wildman–Crippen MR) is 59.8 cm³/mol. The lowest BCUT2D eigenvalue weighted by Gasteiger charge is -2.18. The molecule has 0 spiro atoms. The summed E-state index contributed by atoms with van der Waals surface area (Å²) in [4.78, 5) is 0. The zero-order chi connectivity index (χ0) is 11.1. The highest BCUT2D eigenvalue weighted by Gasteiger charge is 2.56. The van der Waals surface area contributed by atoms with Crippen LogP contribution in [0.3, 0.4) is 0 Å². The smallest absolute Gasteiger partial charge is 0.214 e. The monoisotopic (exact) mass is 232 g/mol. The molecule has 4 nitrogen and oxygen atoms in total. The third kappa shape index (κ3) is 2.05. The number of piperidine rings is 1. The predicted octanol–water partition coefficient (Wildman–Crippen LogP) is 0.253. The fourth-order valence-electron chi connectivity index (χ4n) is 2.64. The van der Waals surface area contributed by atoms with Gasteiger partial charge in [0.2, 0.25) is 10.0 Å². The Kier molecular flexibility index (Phi) is 3.05. The van der Waals surface area contributed by atoms with Crippen LogP contribution >= 0.6 is 0 Å². The third-order valence-corrected chi connectivity index (χ3v) is 5.65. The van der Waals surface area contributed by atoms with Crippen LogP contribution in [0.4, 0.5) is 0 Å². The van der Waals surface area contributed by atoms with Gasteiger partial charge >= 0.3 is 0 Å². The minimum atomic E-state index is -2.96. The molecule has 0 amide bonds. The Hall–Kier alpha value is -0.130. The van der Waals surface area contributed by atoms with Crippen molar-refractivity contribution >= 4 is 10.0 Å². The van der Waals surface area contributed by atoms with Crippen LogP contribution in [-0.4, -0.2) is 38.1 Å². The van der Waals surface area contributed by atoms with Crippen molar-refractivity contribution in [2.24, 2.45) is 23.5 Å². The van der Waals surface area contributed by atoms with Crippen LogP contribution < -0.4 is 5.73 Å². The lowest BCUT2D eigenvalue weighted by Crippen LogP contribution is -2.34. The fraction of sp³-hybridized carbons (Fsp3) is 1.00. The molecular weight excluding hydrogens is 212 g/mol. The summed E-state index contributed by atoms with van der Waals surface area (Å²) < 4.78 is 25.4. The molecule has 15 heavy (non-hydrogen) atoms. The van der Waals surface area contributed by atoms with Crippen molar-refractivity contribution in [2.75, 3.05) is 25.4 Å². The lowest BCUT2D eigenvalue weighted by molar-refractivity contribution is 0.413. The second-order valence-electron chi connectivity index (χ2n) is 4.71. The molecule has 1 saturated carbocycles. The molecule has 2 atom stereocenters. The van der Waals surface area contributed by atoms with Gasteiger partial charge in [-0.3, -0.25) is 0 Å². The Morgan fingerprint density at radius 1 is 1.33 bits per heavy atom. The molecule has 5 heteroatoms. The lowest BCUT2D eigenvalue weighted by atomic mass is 10.3. The number of sulfonamides is 1. The molecule has 2 unspecified atom stereocenters. The molecule has 0 aromatic heterocycles. The van der Waals surface area contributed by atoms with Gasteiger partial charge in [-0.15, -0.1) is 0 Å².